The second-order valence-electron chi connectivity index (χ2n) is 6.88. The van der Waals surface area contributed by atoms with Crippen LogP contribution in [0.15, 0.2) is 0 Å². The van der Waals surface area contributed by atoms with Gasteiger partial charge in [-0.2, -0.15) is 39.5 Å². The van der Waals surface area contributed by atoms with E-state index in [0.29, 0.717) is 6.92 Å². The summed E-state index contributed by atoms with van der Waals surface area (Å²) in [6.07, 6.45) is -12.8. The van der Waals surface area contributed by atoms with E-state index >= 15 is 0 Å². The first-order chi connectivity index (χ1) is 13.1. The molecule has 0 aromatic carbocycles. The number of esters is 1. The fourth-order valence-electron chi connectivity index (χ4n) is 2.43. The van der Waals surface area contributed by atoms with E-state index in [1.165, 1.54) is 0 Å². The number of carboxylic acids is 1. The van der Waals surface area contributed by atoms with Gasteiger partial charge in [0.1, 0.15) is 0 Å². The van der Waals surface area contributed by atoms with Crippen LogP contribution in [0.5, 0.6) is 0 Å². The number of aliphatic carboxylic acids is 1. The summed E-state index contributed by atoms with van der Waals surface area (Å²) in [5.74, 6) is -27.8. The number of hydrogen-bond acceptors (Lipinski definition) is 5. The number of ether oxygens (including phenoxy) is 1. The fourth-order valence-corrected chi connectivity index (χ4v) is 2.43. The molecule has 0 fully saturated rings. The summed E-state index contributed by atoms with van der Waals surface area (Å²) in [6, 6.07) is 0. The summed E-state index contributed by atoms with van der Waals surface area (Å²) in [5.41, 5.74) is 0. The molecule has 0 aliphatic heterocycles. The van der Waals surface area contributed by atoms with E-state index in [-0.39, 0.29) is 0 Å². The quantitative estimate of drug-likeness (QED) is 0.194. The minimum atomic E-state index is -7.28. The number of rotatable bonds is 10. The number of alkyl halides is 9. The molecule has 0 radical (unpaired) electrons. The third kappa shape index (κ3) is 5.26. The first-order valence-electron chi connectivity index (χ1n) is 7.78. The molecule has 0 aliphatic rings. The lowest BCUT2D eigenvalue weighted by Crippen LogP contribution is -2.68. The zero-order valence-corrected chi connectivity index (χ0v) is 15.6. The van der Waals surface area contributed by atoms with Crippen LogP contribution in [0.25, 0.3) is 0 Å². The smallest absolute Gasteiger partial charge is 0.460 e. The Labute approximate surface area is 163 Å². The Balaban J connectivity index is 6.51. The van der Waals surface area contributed by atoms with Gasteiger partial charge in [0, 0.05) is 6.92 Å². The zero-order valence-electron chi connectivity index (χ0n) is 15.6. The highest BCUT2D eigenvalue weighted by Gasteiger charge is 2.83. The predicted octanol–water partition coefficient (Wildman–Crippen LogP) is 1.47. The number of nitrogens with zero attached hydrogens (tertiary/aromatic N) is 1. The van der Waals surface area contributed by atoms with Gasteiger partial charge in [-0.25, -0.2) is 4.79 Å². The highest BCUT2D eigenvalue weighted by molar-refractivity contribution is 5.68. The molecule has 30 heavy (non-hydrogen) atoms. The van der Waals surface area contributed by atoms with E-state index < -0.39 is 71.8 Å². The maximum Gasteiger partial charge on any atom is 0.460 e. The lowest BCUT2D eigenvalue weighted by atomic mass is 9.86. The molecule has 16 heteroatoms. The van der Waals surface area contributed by atoms with Crippen LogP contribution < -0.4 is 0 Å². The van der Waals surface area contributed by atoms with Gasteiger partial charge >= 0.3 is 35.9 Å². The summed E-state index contributed by atoms with van der Waals surface area (Å²) in [7, 11) is 1.62. The molecule has 0 spiro atoms. The number of halogens is 9. The van der Waals surface area contributed by atoms with Gasteiger partial charge in [0.25, 0.3) is 0 Å². The molecular formula is C14H19F9NO6+. The van der Waals surface area contributed by atoms with Crippen molar-refractivity contribution in [2.75, 3.05) is 27.2 Å². The highest BCUT2D eigenvalue weighted by atomic mass is 19.4. The molecule has 0 bridgehead atoms. The topological polar surface area (TPSA) is 104 Å². The zero-order chi connectivity index (χ0) is 24.5. The van der Waals surface area contributed by atoms with E-state index in [9.17, 15) is 54.2 Å². The maximum absolute atomic E-state index is 14.3. The average molecular weight is 468 g/mol. The van der Waals surface area contributed by atoms with Gasteiger partial charge in [-0.05, 0) is 0 Å². The molecule has 3 N–H and O–H groups in total. The third-order valence-corrected chi connectivity index (χ3v) is 4.08. The molecule has 3 unspecified atom stereocenters. The summed E-state index contributed by atoms with van der Waals surface area (Å²) in [4.78, 5) is 22.0. The molecule has 178 valence electrons. The van der Waals surface area contributed by atoms with Crippen LogP contribution in [0.2, 0.25) is 0 Å². The number of quaternary nitrogens is 1. The van der Waals surface area contributed by atoms with Gasteiger partial charge in [0.05, 0.1) is 26.6 Å². The predicted molar refractivity (Wildman–Crippen MR) is 77.6 cm³/mol. The molecule has 0 aliphatic carbocycles. The standard InChI is InChI=1S/C14H18F9NO6/c1-6(26)30-9(10(29)24(2,3)4-8(27)28)7(5-25)11(15,16)12(17,18)13(19,20)14(21,22)23/h7,9-10,25,29H,4-5H2,1-3H3/p+1. The second kappa shape index (κ2) is 8.74. The lowest BCUT2D eigenvalue weighted by Gasteiger charge is -2.43. The van der Waals surface area contributed by atoms with E-state index in [1.807, 2.05) is 0 Å². The van der Waals surface area contributed by atoms with Crippen molar-refractivity contribution in [2.45, 2.75) is 43.2 Å². The van der Waals surface area contributed by atoms with Crippen molar-refractivity contribution in [3.8, 4) is 0 Å². The molecule has 0 rings (SSSR count). The van der Waals surface area contributed by atoms with Crippen molar-refractivity contribution in [2.24, 2.45) is 5.92 Å². The molecule has 0 aromatic rings. The van der Waals surface area contributed by atoms with Gasteiger partial charge in [0.2, 0.25) is 6.23 Å². The Morgan fingerprint density at radius 3 is 1.70 bits per heavy atom. The number of aliphatic hydroxyl groups is 2. The number of aliphatic hydroxyl groups excluding tert-OH is 2. The monoisotopic (exact) mass is 468 g/mol. The maximum atomic E-state index is 14.3. The number of carbonyl (C=O) groups is 2. The molecule has 0 saturated carbocycles. The van der Waals surface area contributed by atoms with Crippen LogP contribution in [0, 0.1) is 5.92 Å². The van der Waals surface area contributed by atoms with Gasteiger partial charge < -0.3 is 20.1 Å². The van der Waals surface area contributed by atoms with Gasteiger partial charge in [-0.15, -0.1) is 0 Å². The average Bonchev–Trinajstić information content (AvgIpc) is 2.50. The van der Waals surface area contributed by atoms with E-state index in [1.54, 1.807) is 0 Å². The first-order valence-corrected chi connectivity index (χ1v) is 7.78. The van der Waals surface area contributed by atoms with Crippen LogP contribution in [0.1, 0.15) is 6.92 Å². The number of carboxylic acid groups (broad SMARTS) is 1. The minimum Gasteiger partial charge on any atom is -0.477 e. The Kier molecular flexibility index (Phi) is 8.21. The van der Waals surface area contributed by atoms with Gasteiger partial charge in [-0.1, -0.05) is 0 Å². The summed E-state index contributed by atoms with van der Waals surface area (Å²) >= 11 is 0. The van der Waals surface area contributed by atoms with Crippen molar-refractivity contribution in [1.82, 2.24) is 0 Å². The Bertz CT molecular complexity index is 638. The Morgan fingerprint density at radius 1 is 0.967 bits per heavy atom. The minimum absolute atomic E-state index is 0.492. The molecule has 7 nitrogen and oxygen atoms in total. The molecular weight excluding hydrogens is 449 g/mol. The van der Waals surface area contributed by atoms with Gasteiger partial charge in [-0.3, -0.25) is 9.28 Å². The van der Waals surface area contributed by atoms with Crippen LogP contribution in [-0.2, 0) is 14.3 Å². The first kappa shape index (κ1) is 28.2. The fraction of sp³-hybridized carbons (Fsp3) is 0.857. The molecule has 0 aromatic heterocycles. The van der Waals surface area contributed by atoms with Crippen LogP contribution >= 0.6 is 0 Å². The summed E-state index contributed by atoms with van der Waals surface area (Å²) < 4.78 is 122. The number of likely N-dealkylation sites (N-methyl/N-ethyl adjacent to an activating group) is 1. The van der Waals surface area contributed by atoms with Crippen LogP contribution in [-0.4, -0.2) is 95.3 Å². The summed E-state index contributed by atoms with van der Waals surface area (Å²) in [6.45, 7) is -2.87. The van der Waals surface area contributed by atoms with Crippen LogP contribution in [0.4, 0.5) is 39.5 Å². The van der Waals surface area contributed by atoms with Crippen LogP contribution in [0.3, 0.4) is 0 Å². The SMILES string of the molecule is CC(=O)OC(C(CO)C(F)(F)C(F)(F)C(F)(F)C(F)(F)F)C(O)[N+](C)(C)CC(=O)O. The normalized spacial score (nSPS) is 17.3. The van der Waals surface area contributed by atoms with Crippen molar-refractivity contribution in [3.05, 3.63) is 0 Å². The van der Waals surface area contributed by atoms with E-state index in [4.69, 9.17) is 10.2 Å². The van der Waals surface area contributed by atoms with Gasteiger partial charge in [0.15, 0.2) is 12.6 Å². The lowest BCUT2D eigenvalue weighted by molar-refractivity contribution is -0.934. The van der Waals surface area contributed by atoms with Crippen molar-refractivity contribution in [3.63, 3.8) is 0 Å². The van der Waals surface area contributed by atoms with E-state index in [2.05, 4.69) is 4.74 Å². The number of hydrogen-bond donors (Lipinski definition) is 3. The molecule has 0 amide bonds. The summed E-state index contributed by atoms with van der Waals surface area (Å²) in [5, 5.41) is 28.0. The number of carbonyl (C=O) groups excluding carboxylic acids is 1. The second-order valence-corrected chi connectivity index (χ2v) is 6.88. The van der Waals surface area contributed by atoms with Crippen molar-refractivity contribution < 1.29 is 73.6 Å². The van der Waals surface area contributed by atoms with E-state index in [0.717, 1.165) is 14.1 Å². The Hall–Kier alpha value is -1.81. The largest absolute Gasteiger partial charge is 0.477 e. The molecule has 0 heterocycles. The Morgan fingerprint density at radius 2 is 1.40 bits per heavy atom. The molecule has 0 saturated heterocycles. The molecule has 3 atom stereocenters. The van der Waals surface area contributed by atoms with Crippen molar-refractivity contribution >= 4 is 11.9 Å². The third-order valence-electron chi connectivity index (χ3n) is 4.08. The van der Waals surface area contributed by atoms with Crippen molar-refractivity contribution in [1.29, 1.82) is 0 Å². The highest BCUT2D eigenvalue weighted by Crippen LogP contribution is 2.56.